The van der Waals surface area contributed by atoms with E-state index in [1.165, 1.54) is 10.9 Å². The first-order chi connectivity index (χ1) is 8.16. The molecule has 8 heteroatoms. The molecule has 0 spiro atoms. The fourth-order valence-electron chi connectivity index (χ4n) is 1.53. The Bertz CT molecular complexity index is 424. The van der Waals surface area contributed by atoms with Gasteiger partial charge in [-0.25, -0.2) is 9.48 Å². The highest BCUT2D eigenvalue weighted by molar-refractivity contribution is 5.84. The number of rotatable bonds is 3. The summed E-state index contributed by atoms with van der Waals surface area (Å²) in [6.45, 7) is 2.17. The number of carbonyl (C=O) groups excluding carboxylic acids is 1. The SMILES string of the molecule is O=C(O)c1cn(CC(=O)N2CCOCC2)nn1. The van der Waals surface area contributed by atoms with Crippen LogP contribution in [0.25, 0.3) is 0 Å². The Morgan fingerprint density at radius 2 is 2.12 bits per heavy atom. The van der Waals surface area contributed by atoms with Gasteiger partial charge in [-0.1, -0.05) is 5.21 Å². The number of hydrogen-bond donors (Lipinski definition) is 1. The summed E-state index contributed by atoms with van der Waals surface area (Å²) in [4.78, 5) is 24.0. The van der Waals surface area contributed by atoms with Crippen LogP contribution in [-0.2, 0) is 16.1 Å². The van der Waals surface area contributed by atoms with Crippen molar-refractivity contribution in [3.05, 3.63) is 11.9 Å². The first-order valence-corrected chi connectivity index (χ1v) is 5.16. The van der Waals surface area contributed by atoms with Crippen molar-refractivity contribution in [3.63, 3.8) is 0 Å². The van der Waals surface area contributed by atoms with Crippen LogP contribution < -0.4 is 0 Å². The molecule has 17 heavy (non-hydrogen) atoms. The summed E-state index contributed by atoms with van der Waals surface area (Å²) in [7, 11) is 0. The van der Waals surface area contributed by atoms with E-state index in [1.807, 2.05) is 0 Å². The Balaban J connectivity index is 1.94. The zero-order chi connectivity index (χ0) is 12.3. The lowest BCUT2D eigenvalue weighted by molar-refractivity contribution is -0.136. The highest BCUT2D eigenvalue weighted by atomic mass is 16.5. The summed E-state index contributed by atoms with van der Waals surface area (Å²) >= 11 is 0. The summed E-state index contributed by atoms with van der Waals surface area (Å²) in [5.41, 5.74) is -0.167. The fraction of sp³-hybridized carbons (Fsp3) is 0.556. The lowest BCUT2D eigenvalue weighted by Crippen LogP contribution is -2.42. The zero-order valence-corrected chi connectivity index (χ0v) is 9.07. The molecule has 0 aromatic carbocycles. The lowest BCUT2D eigenvalue weighted by Gasteiger charge is -2.26. The van der Waals surface area contributed by atoms with E-state index in [4.69, 9.17) is 9.84 Å². The van der Waals surface area contributed by atoms with Crippen LogP contribution in [-0.4, -0.2) is 63.2 Å². The quantitative estimate of drug-likeness (QED) is 0.715. The molecule has 1 aromatic rings. The Hall–Kier alpha value is -1.96. The minimum Gasteiger partial charge on any atom is -0.476 e. The highest BCUT2D eigenvalue weighted by Crippen LogP contribution is 2.00. The number of carbonyl (C=O) groups is 2. The summed E-state index contributed by atoms with van der Waals surface area (Å²) in [5.74, 6) is -1.27. The van der Waals surface area contributed by atoms with Gasteiger partial charge < -0.3 is 14.7 Å². The highest BCUT2D eigenvalue weighted by Gasteiger charge is 2.18. The Labute approximate surface area is 96.8 Å². The van der Waals surface area contributed by atoms with Crippen LogP contribution in [0.15, 0.2) is 6.20 Å². The van der Waals surface area contributed by atoms with Crippen molar-refractivity contribution < 1.29 is 19.4 Å². The third-order valence-corrected chi connectivity index (χ3v) is 2.42. The average molecular weight is 240 g/mol. The molecule has 0 saturated carbocycles. The number of aromatic carboxylic acids is 1. The molecule has 1 saturated heterocycles. The lowest BCUT2D eigenvalue weighted by atomic mass is 10.4. The zero-order valence-electron chi connectivity index (χ0n) is 9.07. The van der Waals surface area contributed by atoms with Gasteiger partial charge in [-0.3, -0.25) is 4.79 Å². The van der Waals surface area contributed by atoms with Gasteiger partial charge in [0.1, 0.15) is 6.54 Å². The van der Waals surface area contributed by atoms with Gasteiger partial charge in [-0.05, 0) is 0 Å². The van der Waals surface area contributed by atoms with E-state index in [-0.39, 0.29) is 18.1 Å². The largest absolute Gasteiger partial charge is 0.476 e. The molecule has 1 amide bonds. The minimum atomic E-state index is -1.16. The van der Waals surface area contributed by atoms with Gasteiger partial charge in [-0.2, -0.15) is 0 Å². The second-order valence-corrected chi connectivity index (χ2v) is 3.60. The number of carboxylic acids is 1. The summed E-state index contributed by atoms with van der Waals surface area (Å²) in [6.07, 6.45) is 1.24. The van der Waals surface area contributed by atoms with E-state index in [0.29, 0.717) is 26.3 Å². The third kappa shape index (κ3) is 2.78. The van der Waals surface area contributed by atoms with E-state index < -0.39 is 5.97 Å². The van der Waals surface area contributed by atoms with Gasteiger partial charge in [0.05, 0.1) is 19.4 Å². The molecular formula is C9H12N4O4. The molecule has 2 rings (SSSR count). The molecule has 1 aliphatic heterocycles. The Morgan fingerprint density at radius 1 is 1.41 bits per heavy atom. The molecule has 92 valence electrons. The number of amides is 1. The van der Waals surface area contributed by atoms with Gasteiger partial charge in [0, 0.05) is 13.1 Å². The molecule has 0 bridgehead atoms. The molecule has 1 fully saturated rings. The first-order valence-electron chi connectivity index (χ1n) is 5.16. The molecule has 1 aliphatic rings. The Morgan fingerprint density at radius 3 is 2.71 bits per heavy atom. The number of hydrogen-bond acceptors (Lipinski definition) is 5. The molecule has 1 N–H and O–H groups in total. The van der Waals surface area contributed by atoms with Gasteiger partial charge in [0.2, 0.25) is 5.91 Å². The van der Waals surface area contributed by atoms with Crippen molar-refractivity contribution in [3.8, 4) is 0 Å². The van der Waals surface area contributed by atoms with Crippen LogP contribution in [0.1, 0.15) is 10.5 Å². The van der Waals surface area contributed by atoms with Crippen molar-refractivity contribution in [2.75, 3.05) is 26.3 Å². The number of nitrogens with zero attached hydrogens (tertiary/aromatic N) is 4. The van der Waals surface area contributed by atoms with Crippen molar-refractivity contribution in [1.82, 2.24) is 19.9 Å². The summed E-state index contributed by atoms with van der Waals surface area (Å²) in [5, 5.41) is 15.7. The summed E-state index contributed by atoms with van der Waals surface area (Å²) < 4.78 is 6.35. The predicted molar refractivity (Wildman–Crippen MR) is 54.4 cm³/mol. The van der Waals surface area contributed by atoms with Crippen LogP contribution in [0, 0.1) is 0 Å². The van der Waals surface area contributed by atoms with Gasteiger partial charge >= 0.3 is 5.97 Å². The van der Waals surface area contributed by atoms with Gasteiger partial charge in [0.25, 0.3) is 0 Å². The van der Waals surface area contributed by atoms with Gasteiger partial charge in [0.15, 0.2) is 5.69 Å². The molecule has 0 unspecified atom stereocenters. The predicted octanol–water partition coefficient (Wildman–Crippen LogP) is -1.16. The molecule has 8 nitrogen and oxygen atoms in total. The van der Waals surface area contributed by atoms with E-state index in [2.05, 4.69) is 10.3 Å². The molecular weight excluding hydrogens is 228 g/mol. The standard InChI is InChI=1S/C9H12N4O4/c14-8(12-1-3-17-4-2-12)6-13-5-7(9(15)16)10-11-13/h5H,1-4,6H2,(H,15,16). The number of morpholine rings is 1. The van der Waals surface area contributed by atoms with Crippen LogP contribution in [0.5, 0.6) is 0 Å². The Kier molecular flexibility index (Phi) is 3.33. The third-order valence-electron chi connectivity index (χ3n) is 2.42. The maximum atomic E-state index is 11.8. The van der Waals surface area contributed by atoms with Crippen molar-refractivity contribution in [1.29, 1.82) is 0 Å². The van der Waals surface area contributed by atoms with E-state index in [1.54, 1.807) is 4.90 Å². The van der Waals surface area contributed by atoms with E-state index in [0.717, 1.165) is 0 Å². The first kappa shape index (κ1) is 11.5. The van der Waals surface area contributed by atoms with Gasteiger partial charge in [-0.15, -0.1) is 5.10 Å². The van der Waals surface area contributed by atoms with E-state index >= 15 is 0 Å². The molecule has 0 atom stereocenters. The average Bonchev–Trinajstić information content (AvgIpc) is 2.79. The molecule has 2 heterocycles. The normalized spacial score (nSPS) is 15.9. The second kappa shape index (κ2) is 4.91. The molecule has 1 aromatic heterocycles. The van der Waals surface area contributed by atoms with Crippen LogP contribution in [0.3, 0.4) is 0 Å². The molecule has 0 radical (unpaired) electrons. The minimum absolute atomic E-state index is 0.000278. The number of ether oxygens (including phenoxy) is 1. The van der Waals surface area contributed by atoms with Crippen LogP contribution >= 0.6 is 0 Å². The van der Waals surface area contributed by atoms with Crippen molar-refractivity contribution in [2.45, 2.75) is 6.54 Å². The monoisotopic (exact) mass is 240 g/mol. The smallest absolute Gasteiger partial charge is 0.358 e. The number of carboxylic acid groups (broad SMARTS) is 1. The fourth-order valence-corrected chi connectivity index (χ4v) is 1.53. The van der Waals surface area contributed by atoms with Crippen molar-refractivity contribution in [2.24, 2.45) is 0 Å². The maximum absolute atomic E-state index is 11.8. The van der Waals surface area contributed by atoms with Crippen LogP contribution in [0.4, 0.5) is 0 Å². The maximum Gasteiger partial charge on any atom is 0.358 e. The molecule has 0 aliphatic carbocycles. The van der Waals surface area contributed by atoms with Crippen LogP contribution in [0.2, 0.25) is 0 Å². The topological polar surface area (TPSA) is 97.5 Å². The number of aromatic nitrogens is 3. The van der Waals surface area contributed by atoms with Crippen molar-refractivity contribution >= 4 is 11.9 Å². The van der Waals surface area contributed by atoms with E-state index in [9.17, 15) is 9.59 Å². The summed E-state index contributed by atoms with van der Waals surface area (Å²) in [6, 6.07) is 0. The second-order valence-electron chi connectivity index (χ2n) is 3.60.